The van der Waals surface area contributed by atoms with Crippen LogP contribution in [0.15, 0.2) is 12.1 Å². The number of hydrogen-bond acceptors (Lipinski definition) is 0. The van der Waals surface area contributed by atoms with Gasteiger partial charge in [0.25, 0.3) is 0 Å². The molecule has 1 aromatic rings. The summed E-state index contributed by atoms with van der Waals surface area (Å²) in [6, 6.07) is 2.03. The molecule has 0 aliphatic carbocycles. The molecule has 1 rings (SSSR count). The standard InChI is InChI=1S/C9H9F3.2C2H6/c1-5(2)6-3-7(10)9(12)8(11)4-6;2*1-2/h3-5H,1-2H3;2*1-2H3. The van der Waals surface area contributed by atoms with Crippen molar-refractivity contribution in [3.63, 3.8) is 0 Å². The average Bonchev–Trinajstić information content (AvgIpc) is 2.30. The summed E-state index contributed by atoms with van der Waals surface area (Å²) >= 11 is 0. The monoisotopic (exact) mass is 234 g/mol. The first-order valence-electron chi connectivity index (χ1n) is 5.67. The maximum Gasteiger partial charge on any atom is 0.194 e. The summed E-state index contributed by atoms with van der Waals surface area (Å²) in [6.07, 6.45) is 0. The lowest BCUT2D eigenvalue weighted by Crippen LogP contribution is -1.95. The number of rotatable bonds is 1. The van der Waals surface area contributed by atoms with Gasteiger partial charge in [-0.2, -0.15) is 0 Å². The Balaban J connectivity index is 0. The second kappa shape index (κ2) is 9.25. The van der Waals surface area contributed by atoms with E-state index in [-0.39, 0.29) is 5.92 Å². The summed E-state index contributed by atoms with van der Waals surface area (Å²) in [7, 11) is 0. The Hall–Kier alpha value is -0.990. The fraction of sp³-hybridized carbons (Fsp3) is 0.538. The molecule has 0 amide bonds. The molecule has 94 valence electrons. The van der Waals surface area contributed by atoms with Crippen molar-refractivity contribution in [3.8, 4) is 0 Å². The maximum atomic E-state index is 12.6. The molecule has 0 spiro atoms. The van der Waals surface area contributed by atoms with Crippen molar-refractivity contribution in [3.05, 3.63) is 35.1 Å². The first-order chi connectivity index (χ1) is 7.52. The lowest BCUT2D eigenvalue weighted by atomic mass is 10.0. The van der Waals surface area contributed by atoms with E-state index >= 15 is 0 Å². The van der Waals surface area contributed by atoms with Crippen molar-refractivity contribution in [2.24, 2.45) is 0 Å². The van der Waals surface area contributed by atoms with Crippen LogP contribution >= 0.6 is 0 Å². The maximum absolute atomic E-state index is 12.6. The molecule has 16 heavy (non-hydrogen) atoms. The van der Waals surface area contributed by atoms with E-state index < -0.39 is 17.5 Å². The van der Waals surface area contributed by atoms with E-state index in [1.165, 1.54) is 0 Å². The van der Waals surface area contributed by atoms with Crippen LogP contribution in [0.4, 0.5) is 13.2 Å². The molecule has 0 heterocycles. The van der Waals surface area contributed by atoms with Gasteiger partial charge in [-0.05, 0) is 23.6 Å². The van der Waals surface area contributed by atoms with Gasteiger partial charge in [0.2, 0.25) is 0 Å². The van der Waals surface area contributed by atoms with Gasteiger partial charge in [0.05, 0.1) is 0 Å². The van der Waals surface area contributed by atoms with Gasteiger partial charge in [-0.3, -0.25) is 0 Å². The fourth-order valence-corrected chi connectivity index (χ4v) is 0.908. The fourth-order valence-electron chi connectivity index (χ4n) is 0.908. The minimum atomic E-state index is -1.40. The van der Waals surface area contributed by atoms with Crippen molar-refractivity contribution < 1.29 is 13.2 Å². The zero-order chi connectivity index (χ0) is 13.3. The molecule has 0 aliphatic rings. The topological polar surface area (TPSA) is 0 Å². The zero-order valence-corrected chi connectivity index (χ0v) is 10.9. The summed E-state index contributed by atoms with van der Waals surface area (Å²) in [6.45, 7) is 11.6. The Morgan fingerprint density at radius 2 is 1.12 bits per heavy atom. The molecule has 0 radical (unpaired) electrons. The second-order valence-electron chi connectivity index (χ2n) is 2.95. The molecule has 0 bridgehead atoms. The first kappa shape index (κ1) is 17.4. The van der Waals surface area contributed by atoms with Gasteiger partial charge in [0.15, 0.2) is 17.5 Å². The minimum absolute atomic E-state index is 0.00500. The number of benzene rings is 1. The molecule has 0 saturated heterocycles. The van der Waals surface area contributed by atoms with Gasteiger partial charge < -0.3 is 0 Å². The van der Waals surface area contributed by atoms with Gasteiger partial charge in [0, 0.05) is 0 Å². The van der Waals surface area contributed by atoms with Crippen LogP contribution in [0.3, 0.4) is 0 Å². The van der Waals surface area contributed by atoms with Crippen LogP contribution < -0.4 is 0 Å². The van der Waals surface area contributed by atoms with Crippen molar-refractivity contribution in [2.75, 3.05) is 0 Å². The van der Waals surface area contributed by atoms with Gasteiger partial charge in [-0.15, -0.1) is 0 Å². The Bertz CT molecular complexity index is 270. The average molecular weight is 234 g/mol. The number of hydrogen-bond donors (Lipinski definition) is 0. The third kappa shape index (κ3) is 5.19. The predicted octanol–water partition coefficient (Wildman–Crippen LogP) is 5.28. The minimum Gasteiger partial charge on any atom is -0.204 e. The molecule has 0 fully saturated rings. The lowest BCUT2D eigenvalue weighted by Gasteiger charge is -2.05. The molecule has 1 aromatic carbocycles. The smallest absolute Gasteiger partial charge is 0.194 e. The van der Waals surface area contributed by atoms with Crippen LogP contribution in [-0.4, -0.2) is 0 Å². The zero-order valence-electron chi connectivity index (χ0n) is 10.9. The SMILES string of the molecule is CC.CC.CC(C)c1cc(F)c(F)c(F)c1. The van der Waals surface area contributed by atoms with Crippen LogP contribution in [0.2, 0.25) is 0 Å². The third-order valence-electron chi connectivity index (χ3n) is 1.67. The Labute approximate surface area is 96.5 Å². The Morgan fingerprint density at radius 3 is 1.38 bits per heavy atom. The van der Waals surface area contributed by atoms with Crippen molar-refractivity contribution >= 4 is 0 Å². The highest BCUT2D eigenvalue weighted by Gasteiger charge is 2.11. The number of halogens is 3. The Kier molecular flexibility index (Phi) is 10.1. The molecule has 0 aromatic heterocycles. The van der Waals surface area contributed by atoms with Crippen LogP contribution in [0, 0.1) is 17.5 Å². The highest BCUT2D eigenvalue weighted by atomic mass is 19.2. The van der Waals surface area contributed by atoms with Gasteiger partial charge >= 0.3 is 0 Å². The lowest BCUT2D eigenvalue weighted by molar-refractivity contribution is 0.444. The van der Waals surface area contributed by atoms with E-state index in [4.69, 9.17) is 0 Å². The van der Waals surface area contributed by atoms with E-state index in [0.717, 1.165) is 12.1 Å². The van der Waals surface area contributed by atoms with Gasteiger partial charge in [-0.25, -0.2) is 13.2 Å². The molecule has 0 aliphatic heterocycles. The van der Waals surface area contributed by atoms with Gasteiger partial charge in [-0.1, -0.05) is 41.5 Å². The summed E-state index contributed by atoms with van der Waals surface area (Å²) in [5.74, 6) is -3.66. The van der Waals surface area contributed by atoms with Crippen molar-refractivity contribution in [1.29, 1.82) is 0 Å². The van der Waals surface area contributed by atoms with Crippen LogP contribution in [0.1, 0.15) is 53.0 Å². The second-order valence-corrected chi connectivity index (χ2v) is 2.95. The molecule has 0 N–H and O–H groups in total. The highest BCUT2D eigenvalue weighted by molar-refractivity contribution is 5.21. The Morgan fingerprint density at radius 1 is 0.812 bits per heavy atom. The van der Waals surface area contributed by atoms with Crippen LogP contribution in [0.25, 0.3) is 0 Å². The molecule has 0 atom stereocenters. The summed E-state index contributed by atoms with van der Waals surface area (Å²) < 4.78 is 37.6. The van der Waals surface area contributed by atoms with E-state index in [1.54, 1.807) is 13.8 Å². The largest absolute Gasteiger partial charge is 0.204 e. The molecule has 0 saturated carbocycles. The normalized spacial score (nSPS) is 8.88. The molecular weight excluding hydrogens is 213 g/mol. The van der Waals surface area contributed by atoms with Crippen molar-refractivity contribution in [2.45, 2.75) is 47.5 Å². The van der Waals surface area contributed by atoms with E-state index in [1.807, 2.05) is 27.7 Å². The first-order valence-corrected chi connectivity index (χ1v) is 5.67. The molecular formula is C13H21F3. The molecule has 3 heteroatoms. The summed E-state index contributed by atoms with van der Waals surface area (Å²) in [5, 5.41) is 0. The molecule has 0 nitrogen and oxygen atoms in total. The summed E-state index contributed by atoms with van der Waals surface area (Å²) in [5.41, 5.74) is 0.464. The summed E-state index contributed by atoms with van der Waals surface area (Å²) in [4.78, 5) is 0. The van der Waals surface area contributed by atoms with E-state index in [2.05, 4.69) is 0 Å². The van der Waals surface area contributed by atoms with Crippen LogP contribution in [-0.2, 0) is 0 Å². The van der Waals surface area contributed by atoms with E-state index in [9.17, 15) is 13.2 Å². The van der Waals surface area contributed by atoms with E-state index in [0.29, 0.717) is 5.56 Å². The predicted molar refractivity (Wildman–Crippen MR) is 63.1 cm³/mol. The highest BCUT2D eigenvalue weighted by Crippen LogP contribution is 2.19. The van der Waals surface area contributed by atoms with Crippen LogP contribution in [0.5, 0.6) is 0 Å². The van der Waals surface area contributed by atoms with Crippen molar-refractivity contribution in [1.82, 2.24) is 0 Å². The molecule has 0 unspecified atom stereocenters. The van der Waals surface area contributed by atoms with Gasteiger partial charge in [0.1, 0.15) is 0 Å². The third-order valence-corrected chi connectivity index (χ3v) is 1.67. The quantitative estimate of drug-likeness (QED) is 0.580.